The van der Waals surface area contributed by atoms with Crippen molar-refractivity contribution in [2.75, 3.05) is 26.2 Å². The van der Waals surface area contributed by atoms with Crippen molar-refractivity contribution in [3.8, 4) is 5.75 Å². The molecule has 3 rings (SSSR count). The van der Waals surface area contributed by atoms with Crippen molar-refractivity contribution in [2.45, 2.75) is 6.61 Å². The monoisotopic (exact) mass is 473 g/mol. The average Bonchev–Trinajstić information content (AvgIpc) is 2.69. The van der Waals surface area contributed by atoms with E-state index in [0.29, 0.717) is 4.47 Å². The van der Waals surface area contributed by atoms with Gasteiger partial charge in [0.15, 0.2) is 0 Å². The number of aromatic nitrogens is 1. The quantitative estimate of drug-likeness (QED) is 0.634. The van der Waals surface area contributed by atoms with Crippen LogP contribution in [0.2, 0.25) is 5.15 Å². The maximum atomic E-state index is 12.7. The van der Waals surface area contributed by atoms with Crippen LogP contribution < -0.4 is 4.74 Å². The lowest BCUT2D eigenvalue weighted by atomic mass is 10.1. The largest absolute Gasteiger partial charge is 0.434 e. The number of pyridine rings is 1. The molecule has 0 aliphatic carbocycles. The molecule has 0 radical (unpaired) electrons. The van der Waals surface area contributed by atoms with Crippen LogP contribution in [0.25, 0.3) is 0 Å². The van der Waals surface area contributed by atoms with Gasteiger partial charge in [0.1, 0.15) is 10.9 Å². The molecule has 1 saturated heterocycles. The van der Waals surface area contributed by atoms with Gasteiger partial charge < -0.3 is 14.5 Å². The van der Waals surface area contributed by atoms with E-state index in [1.165, 1.54) is 29.3 Å². The van der Waals surface area contributed by atoms with Crippen LogP contribution in [-0.2, 0) is 0 Å². The molecule has 148 valence electrons. The van der Waals surface area contributed by atoms with Gasteiger partial charge in [-0.15, -0.1) is 0 Å². The molecule has 0 spiro atoms. The smallest absolute Gasteiger partial charge is 0.387 e. The second kappa shape index (κ2) is 8.83. The molecule has 0 atom stereocenters. The Kier molecular flexibility index (Phi) is 6.46. The van der Waals surface area contributed by atoms with E-state index in [0.717, 1.165) is 0 Å². The Labute approximate surface area is 173 Å². The fourth-order valence-corrected chi connectivity index (χ4v) is 3.38. The van der Waals surface area contributed by atoms with Crippen LogP contribution >= 0.6 is 27.5 Å². The van der Waals surface area contributed by atoms with Gasteiger partial charge in [-0.1, -0.05) is 23.7 Å². The highest BCUT2D eigenvalue weighted by molar-refractivity contribution is 9.10. The van der Waals surface area contributed by atoms with Gasteiger partial charge >= 0.3 is 6.61 Å². The molecule has 1 aliphatic rings. The molecule has 0 N–H and O–H groups in total. The van der Waals surface area contributed by atoms with E-state index in [1.54, 1.807) is 17.0 Å². The number of carbonyl (C=O) groups is 2. The summed E-state index contributed by atoms with van der Waals surface area (Å²) in [5, 5.41) is 0.102. The normalized spacial score (nSPS) is 14.3. The molecule has 0 bridgehead atoms. The third-order valence-corrected chi connectivity index (χ3v) is 4.96. The fraction of sp³-hybridized carbons (Fsp3) is 0.278. The minimum atomic E-state index is -3.02. The minimum absolute atomic E-state index is 0.0572. The molecule has 0 unspecified atom stereocenters. The first kappa shape index (κ1) is 20.5. The first-order chi connectivity index (χ1) is 13.4. The molecular formula is C18H15BrClF2N3O3. The zero-order chi connectivity index (χ0) is 20.3. The molecule has 2 amide bonds. The van der Waals surface area contributed by atoms with Crippen molar-refractivity contribution >= 4 is 39.3 Å². The lowest BCUT2D eigenvalue weighted by Gasteiger charge is -2.35. The molecule has 1 aliphatic heterocycles. The number of benzene rings is 1. The molecule has 0 saturated carbocycles. The van der Waals surface area contributed by atoms with E-state index in [4.69, 9.17) is 11.6 Å². The molecule has 2 aromatic rings. The predicted molar refractivity (Wildman–Crippen MR) is 102 cm³/mol. The number of nitrogens with zero attached hydrogens (tertiary/aromatic N) is 3. The summed E-state index contributed by atoms with van der Waals surface area (Å²) in [4.78, 5) is 32.4. The Hall–Kier alpha value is -2.26. The Balaban J connectivity index is 1.68. The maximum Gasteiger partial charge on any atom is 0.387 e. The SMILES string of the molecule is O=C(c1ccccc1OC(F)F)N1CCN(C(=O)c2cc(Br)cnc2Cl)CC1. The maximum absolute atomic E-state index is 12.7. The van der Waals surface area contributed by atoms with Crippen LogP contribution in [0.3, 0.4) is 0 Å². The zero-order valence-corrected chi connectivity index (χ0v) is 16.8. The minimum Gasteiger partial charge on any atom is -0.434 e. The summed E-state index contributed by atoms with van der Waals surface area (Å²) in [5.41, 5.74) is 0.327. The highest BCUT2D eigenvalue weighted by Crippen LogP contribution is 2.24. The molecule has 1 fully saturated rings. The number of hydrogen-bond donors (Lipinski definition) is 0. The van der Waals surface area contributed by atoms with E-state index >= 15 is 0 Å². The van der Waals surface area contributed by atoms with Crippen LogP contribution in [0.1, 0.15) is 20.7 Å². The molecule has 1 aromatic carbocycles. The summed E-state index contributed by atoms with van der Waals surface area (Å²) < 4.78 is 30.2. The molecular weight excluding hydrogens is 460 g/mol. The van der Waals surface area contributed by atoms with Gasteiger partial charge in [-0.2, -0.15) is 8.78 Å². The van der Waals surface area contributed by atoms with Gasteiger partial charge in [0, 0.05) is 36.8 Å². The summed E-state index contributed by atoms with van der Waals surface area (Å²) in [6.07, 6.45) is 1.49. The second-order valence-corrected chi connectivity index (χ2v) is 7.22. The van der Waals surface area contributed by atoms with E-state index in [-0.39, 0.29) is 54.1 Å². The van der Waals surface area contributed by atoms with Crippen molar-refractivity contribution in [1.29, 1.82) is 0 Å². The van der Waals surface area contributed by atoms with Crippen LogP contribution in [0.15, 0.2) is 41.0 Å². The number of para-hydroxylation sites is 1. The average molecular weight is 475 g/mol. The van der Waals surface area contributed by atoms with E-state index < -0.39 is 12.5 Å². The summed E-state index contributed by atoms with van der Waals surface area (Å²) in [6.45, 7) is -1.94. The van der Waals surface area contributed by atoms with Crippen molar-refractivity contribution in [1.82, 2.24) is 14.8 Å². The Morgan fingerprint density at radius 2 is 1.64 bits per heavy atom. The predicted octanol–water partition coefficient (Wildman–Crippen LogP) is 3.70. The molecule has 2 heterocycles. The van der Waals surface area contributed by atoms with Crippen molar-refractivity contribution in [3.05, 3.63) is 57.3 Å². The van der Waals surface area contributed by atoms with Gasteiger partial charge in [0.2, 0.25) is 0 Å². The first-order valence-electron chi connectivity index (χ1n) is 8.30. The van der Waals surface area contributed by atoms with Crippen LogP contribution in [0.5, 0.6) is 5.75 Å². The number of carbonyl (C=O) groups excluding carboxylic acids is 2. The topological polar surface area (TPSA) is 62.7 Å². The molecule has 6 nitrogen and oxygen atoms in total. The Bertz CT molecular complexity index is 892. The molecule has 28 heavy (non-hydrogen) atoms. The highest BCUT2D eigenvalue weighted by Gasteiger charge is 2.28. The fourth-order valence-electron chi connectivity index (χ4n) is 2.87. The molecule has 1 aromatic heterocycles. The van der Waals surface area contributed by atoms with Crippen LogP contribution in [-0.4, -0.2) is 59.4 Å². The number of ether oxygens (including phenoxy) is 1. The van der Waals surface area contributed by atoms with E-state index in [1.807, 2.05) is 0 Å². The van der Waals surface area contributed by atoms with Gasteiger partial charge in [0.25, 0.3) is 11.8 Å². The third-order valence-electron chi connectivity index (χ3n) is 4.22. The van der Waals surface area contributed by atoms with Crippen molar-refractivity contribution < 1.29 is 23.1 Å². The lowest BCUT2D eigenvalue weighted by molar-refractivity contribution is -0.0503. The number of hydrogen-bond acceptors (Lipinski definition) is 4. The third kappa shape index (κ3) is 4.59. The van der Waals surface area contributed by atoms with Crippen molar-refractivity contribution in [3.63, 3.8) is 0 Å². The summed E-state index contributed by atoms with van der Waals surface area (Å²) >= 11 is 9.27. The summed E-state index contributed by atoms with van der Waals surface area (Å²) in [6, 6.07) is 7.44. The number of amides is 2. The van der Waals surface area contributed by atoms with Crippen LogP contribution in [0, 0.1) is 0 Å². The number of alkyl halides is 2. The van der Waals surface area contributed by atoms with Gasteiger partial charge in [-0.3, -0.25) is 9.59 Å². The van der Waals surface area contributed by atoms with E-state index in [9.17, 15) is 18.4 Å². The number of halogens is 4. The number of rotatable bonds is 4. The standard InChI is InChI=1S/C18H15BrClF2N3O3/c19-11-9-13(15(20)23-10-11)17(27)25-7-5-24(6-8-25)16(26)12-3-1-2-4-14(12)28-18(21)22/h1-4,9-10,18H,5-8H2. The van der Waals surface area contributed by atoms with Gasteiger partial charge in [-0.05, 0) is 34.1 Å². The number of piperazine rings is 1. The zero-order valence-electron chi connectivity index (χ0n) is 14.4. The summed E-state index contributed by atoms with van der Waals surface area (Å²) in [7, 11) is 0. The molecule has 10 heteroatoms. The first-order valence-corrected chi connectivity index (χ1v) is 9.47. The second-order valence-electron chi connectivity index (χ2n) is 5.95. The Morgan fingerprint density at radius 3 is 2.25 bits per heavy atom. The Morgan fingerprint density at radius 1 is 1.07 bits per heavy atom. The van der Waals surface area contributed by atoms with Crippen molar-refractivity contribution in [2.24, 2.45) is 0 Å². The van der Waals surface area contributed by atoms with Gasteiger partial charge in [0.05, 0.1) is 11.1 Å². The van der Waals surface area contributed by atoms with Crippen LogP contribution in [0.4, 0.5) is 8.78 Å². The summed E-state index contributed by atoms with van der Waals surface area (Å²) in [5.74, 6) is -0.883. The van der Waals surface area contributed by atoms with E-state index in [2.05, 4.69) is 25.7 Å². The van der Waals surface area contributed by atoms with Gasteiger partial charge in [-0.25, -0.2) is 4.98 Å². The highest BCUT2D eigenvalue weighted by atomic mass is 79.9. The lowest BCUT2D eigenvalue weighted by Crippen LogP contribution is -2.50.